The summed E-state index contributed by atoms with van der Waals surface area (Å²) < 4.78 is 6.65. The van der Waals surface area contributed by atoms with E-state index in [1.807, 2.05) is 6.08 Å². The zero-order valence-corrected chi connectivity index (χ0v) is 32.9. The van der Waals surface area contributed by atoms with Gasteiger partial charge in [0.2, 0.25) is 0 Å². The van der Waals surface area contributed by atoms with Crippen LogP contribution >= 0.6 is 0 Å². The molecular formula is C48H56OSi. The van der Waals surface area contributed by atoms with Crippen molar-refractivity contribution in [3.05, 3.63) is 144 Å². The summed E-state index contributed by atoms with van der Waals surface area (Å²) in [6.45, 7) is 25.6. The van der Waals surface area contributed by atoms with Gasteiger partial charge in [-0.05, 0) is 96.5 Å². The molecule has 0 heterocycles. The Morgan fingerprint density at radius 2 is 1.14 bits per heavy atom. The minimum Gasteiger partial charge on any atom is -0.489 e. The second kappa shape index (κ2) is 14.2. The van der Waals surface area contributed by atoms with E-state index in [9.17, 15) is 0 Å². The molecule has 0 N–H and O–H groups in total. The van der Waals surface area contributed by atoms with E-state index >= 15 is 0 Å². The van der Waals surface area contributed by atoms with Gasteiger partial charge in [-0.1, -0.05) is 177 Å². The third kappa shape index (κ3) is 6.67. The van der Waals surface area contributed by atoms with Crippen LogP contribution in [0.15, 0.2) is 116 Å². The van der Waals surface area contributed by atoms with Gasteiger partial charge < -0.3 is 4.74 Å². The summed E-state index contributed by atoms with van der Waals surface area (Å²) >= 11 is 0. The van der Waals surface area contributed by atoms with Crippen LogP contribution in [0.3, 0.4) is 0 Å². The maximum atomic E-state index is 6.65. The number of hydrogen-bond acceptors (Lipinski definition) is 1. The highest BCUT2D eigenvalue weighted by Crippen LogP contribution is 2.51. The van der Waals surface area contributed by atoms with E-state index in [-0.39, 0.29) is 11.0 Å². The molecule has 50 heavy (non-hydrogen) atoms. The van der Waals surface area contributed by atoms with Gasteiger partial charge in [-0.25, -0.2) is 0 Å². The maximum Gasteiger partial charge on any atom is 0.122 e. The van der Waals surface area contributed by atoms with Crippen LogP contribution in [0.25, 0.3) is 33.4 Å². The first-order valence-electron chi connectivity index (χ1n) is 18.8. The Morgan fingerprint density at radius 1 is 0.680 bits per heavy atom. The molecule has 1 aliphatic carbocycles. The van der Waals surface area contributed by atoms with Crippen molar-refractivity contribution in [3.63, 3.8) is 0 Å². The Hall–Kier alpha value is -4.14. The zero-order chi connectivity index (χ0) is 35.8. The molecule has 0 amide bonds. The van der Waals surface area contributed by atoms with Crippen molar-refractivity contribution in [2.75, 3.05) is 6.61 Å². The van der Waals surface area contributed by atoms with E-state index in [0.29, 0.717) is 18.4 Å². The average Bonchev–Trinajstić information content (AvgIpc) is 3.46. The number of para-hydroxylation sites is 1. The van der Waals surface area contributed by atoms with Crippen molar-refractivity contribution in [1.82, 2.24) is 0 Å². The molecule has 0 fully saturated rings. The first-order chi connectivity index (χ1) is 23.9. The molecule has 0 radical (unpaired) electrons. The molecule has 0 saturated heterocycles. The molecule has 2 atom stereocenters. The highest BCUT2D eigenvalue weighted by atomic mass is 28.3. The predicted octanol–water partition coefficient (Wildman–Crippen LogP) is 13.2. The fourth-order valence-corrected chi connectivity index (χ4v) is 11.6. The summed E-state index contributed by atoms with van der Waals surface area (Å²) in [4.78, 5) is 0. The quantitative estimate of drug-likeness (QED) is 0.0999. The van der Waals surface area contributed by atoms with Crippen LogP contribution in [-0.4, -0.2) is 14.7 Å². The topological polar surface area (TPSA) is 9.23 Å². The molecule has 1 aliphatic rings. The van der Waals surface area contributed by atoms with Crippen LogP contribution in [0, 0.1) is 0 Å². The molecule has 258 valence electrons. The molecule has 0 aliphatic heterocycles. The number of hydrogen-bond donors (Lipinski definition) is 0. The SMILES string of the molecule is C=CCOc1c(C(C)(C)C)cccc1[Si](C)(C)C1c2cc(-c3ccc(C(C)CC)cc3)ccc2-c2ccc(-c3ccc(C(C)CC)cc3)cc21. The van der Waals surface area contributed by atoms with Crippen LogP contribution in [0.5, 0.6) is 5.75 Å². The molecular weight excluding hydrogens is 621 g/mol. The summed E-state index contributed by atoms with van der Waals surface area (Å²) in [5.74, 6) is 2.19. The van der Waals surface area contributed by atoms with E-state index in [0.717, 1.165) is 18.6 Å². The fourth-order valence-electron chi connectivity index (χ4n) is 7.97. The minimum absolute atomic E-state index is 0.0499. The number of benzene rings is 5. The molecule has 0 saturated carbocycles. The van der Waals surface area contributed by atoms with E-state index in [2.05, 4.69) is 171 Å². The van der Waals surface area contributed by atoms with Gasteiger partial charge in [0.1, 0.15) is 12.4 Å². The third-order valence-electron chi connectivity index (χ3n) is 11.5. The lowest BCUT2D eigenvalue weighted by atomic mass is 9.86. The molecule has 5 aromatic rings. The summed E-state index contributed by atoms with van der Waals surface area (Å²) in [5, 5.41) is 1.38. The largest absolute Gasteiger partial charge is 0.489 e. The molecule has 2 unspecified atom stereocenters. The molecule has 0 spiro atoms. The average molecular weight is 677 g/mol. The molecule has 2 heteroatoms. The van der Waals surface area contributed by atoms with Crippen molar-refractivity contribution >= 4 is 13.3 Å². The van der Waals surface area contributed by atoms with Gasteiger partial charge in [-0.3, -0.25) is 0 Å². The Balaban J connectivity index is 1.53. The molecule has 5 aromatic carbocycles. The van der Waals surface area contributed by atoms with Gasteiger partial charge in [-0.2, -0.15) is 0 Å². The smallest absolute Gasteiger partial charge is 0.122 e. The second-order valence-electron chi connectivity index (χ2n) is 16.2. The number of ether oxygens (including phenoxy) is 1. The van der Waals surface area contributed by atoms with E-state index in [1.165, 1.54) is 66.4 Å². The first-order valence-corrected chi connectivity index (χ1v) is 21.8. The Morgan fingerprint density at radius 3 is 1.56 bits per heavy atom. The van der Waals surface area contributed by atoms with Crippen LogP contribution in [0.1, 0.15) is 107 Å². The molecule has 0 aromatic heterocycles. The number of rotatable bonds is 11. The van der Waals surface area contributed by atoms with Crippen molar-refractivity contribution in [3.8, 4) is 39.1 Å². The second-order valence-corrected chi connectivity index (χ2v) is 20.7. The number of fused-ring (bicyclic) bond motifs is 3. The van der Waals surface area contributed by atoms with Crippen molar-refractivity contribution in [2.45, 2.75) is 97.2 Å². The van der Waals surface area contributed by atoms with Crippen molar-refractivity contribution in [2.24, 2.45) is 0 Å². The predicted molar refractivity (Wildman–Crippen MR) is 220 cm³/mol. The molecule has 0 bridgehead atoms. The minimum atomic E-state index is -2.32. The Kier molecular flexibility index (Phi) is 10.2. The summed E-state index contributed by atoms with van der Waals surface area (Å²) in [7, 11) is -2.32. The Bertz CT molecular complexity index is 1870. The lowest BCUT2D eigenvalue weighted by molar-refractivity contribution is 0.354. The van der Waals surface area contributed by atoms with Gasteiger partial charge in [0, 0.05) is 5.54 Å². The normalized spacial score (nSPS) is 15.3. The van der Waals surface area contributed by atoms with Crippen molar-refractivity contribution < 1.29 is 4.74 Å². The first kappa shape index (κ1) is 35.7. The molecule has 6 rings (SSSR count). The van der Waals surface area contributed by atoms with Crippen LogP contribution < -0.4 is 9.92 Å². The van der Waals surface area contributed by atoms with Gasteiger partial charge >= 0.3 is 0 Å². The van der Waals surface area contributed by atoms with Crippen molar-refractivity contribution in [1.29, 1.82) is 0 Å². The standard InChI is InChI=1S/C48H56OSi/c1-11-29-49-46-44(48(6,7)8)15-14-16-45(46)50(9,10)47-42-30-38(36-21-17-34(18-22-36)32(4)12-2)25-27-40(42)41-28-26-39(31-43(41)47)37-23-19-35(20-24-37)33(5)13-3/h11,14-28,30-33,47H,1,12-13,29H2,2-10H3. The lowest BCUT2D eigenvalue weighted by Crippen LogP contribution is -2.49. The fraction of sp³-hybridized carbons (Fsp3) is 0.333. The summed E-state index contributed by atoms with van der Waals surface area (Å²) in [5.41, 5.74) is 15.0. The van der Waals surface area contributed by atoms with Crippen LogP contribution in [0.2, 0.25) is 13.1 Å². The van der Waals surface area contributed by atoms with E-state index < -0.39 is 8.07 Å². The summed E-state index contributed by atoms with van der Waals surface area (Å²) in [6, 6.07) is 39.9. The maximum absolute atomic E-state index is 6.65. The monoisotopic (exact) mass is 676 g/mol. The van der Waals surface area contributed by atoms with Crippen LogP contribution in [0.4, 0.5) is 0 Å². The lowest BCUT2D eigenvalue weighted by Gasteiger charge is -2.35. The van der Waals surface area contributed by atoms with Crippen LogP contribution in [-0.2, 0) is 5.41 Å². The third-order valence-corrected chi connectivity index (χ3v) is 15.3. The van der Waals surface area contributed by atoms with E-state index in [1.54, 1.807) is 0 Å². The summed E-state index contributed by atoms with van der Waals surface area (Å²) in [6.07, 6.45) is 4.17. The highest BCUT2D eigenvalue weighted by Gasteiger charge is 2.44. The van der Waals surface area contributed by atoms with E-state index in [4.69, 9.17) is 4.74 Å². The van der Waals surface area contributed by atoms with Gasteiger partial charge in [-0.15, -0.1) is 0 Å². The molecule has 1 nitrogen and oxygen atoms in total. The Labute approximate surface area is 303 Å². The van der Waals surface area contributed by atoms with Gasteiger partial charge in [0.15, 0.2) is 0 Å². The zero-order valence-electron chi connectivity index (χ0n) is 31.9. The van der Waals surface area contributed by atoms with Gasteiger partial charge in [0.05, 0.1) is 8.07 Å². The van der Waals surface area contributed by atoms with Gasteiger partial charge in [0.25, 0.3) is 0 Å². The highest BCUT2D eigenvalue weighted by molar-refractivity contribution is 6.92.